The molecule has 0 aliphatic carbocycles. The standard InChI is InChI=1S/C13H10BrF2NO/c14-10-2-1-3-11(16)13(10)17-7-8-6-9(15)4-5-12(8)18/h1-6,17-18H,7H2. The topological polar surface area (TPSA) is 32.3 Å². The molecule has 2 aromatic carbocycles. The van der Waals surface area contributed by atoms with Gasteiger partial charge in [-0.25, -0.2) is 8.78 Å². The Morgan fingerprint density at radius 2 is 1.94 bits per heavy atom. The van der Waals surface area contributed by atoms with Crippen molar-refractivity contribution < 1.29 is 13.9 Å². The highest BCUT2D eigenvalue weighted by atomic mass is 79.9. The van der Waals surface area contributed by atoms with Gasteiger partial charge in [-0.1, -0.05) is 6.07 Å². The summed E-state index contributed by atoms with van der Waals surface area (Å²) in [6, 6.07) is 8.22. The third-order valence-electron chi connectivity index (χ3n) is 2.46. The van der Waals surface area contributed by atoms with Crippen molar-refractivity contribution in [2.24, 2.45) is 0 Å². The number of phenolic OH excluding ortho intramolecular Hbond substituents is 1. The van der Waals surface area contributed by atoms with Crippen molar-refractivity contribution >= 4 is 21.6 Å². The molecule has 2 rings (SSSR count). The molecule has 0 saturated heterocycles. The van der Waals surface area contributed by atoms with Crippen LogP contribution in [0.25, 0.3) is 0 Å². The second kappa shape index (κ2) is 5.35. The lowest BCUT2D eigenvalue weighted by molar-refractivity contribution is 0.466. The van der Waals surface area contributed by atoms with Gasteiger partial charge in [0.25, 0.3) is 0 Å². The van der Waals surface area contributed by atoms with Crippen molar-refractivity contribution in [1.82, 2.24) is 0 Å². The Morgan fingerprint density at radius 1 is 1.17 bits per heavy atom. The number of phenols is 1. The summed E-state index contributed by atoms with van der Waals surface area (Å²) in [6.07, 6.45) is 0. The van der Waals surface area contributed by atoms with Crippen molar-refractivity contribution in [2.45, 2.75) is 6.54 Å². The first kappa shape index (κ1) is 12.8. The van der Waals surface area contributed by atoms with Crippen molar-refractivity contribution in [1.29, 1.82) is 0 Å². The molecular formula is C13H10BrF2NO. The fraction of sp³-hybridized carbons (Fsp3) is 0.0769. The first-order valence-electron chi connectivity index (χ1n) is 5.23. The molecule has 0 spiro atoms. The zero-order valence-corrected chi connectivity index (χ0v) is 10.8. The van der Waals surface area contributed by atoms with Gasteiger partial charge in [-0.15, -0.1) is 0 Å². The lowest BCUT2D eigenvalue weighted by atomic mass is 10.2. The highest BCUT2D eigenvalue weighted by molar-refractivity contribution is 9.10. The second-order valence-electron chi connectivity index (χ2n) is 3.72. The van der Waals surface area contributed by atoms with Gasteiger partial charge < -0.3 is 10.4 Å². The Balaban J connectivity index is 2.19. The van der Waals surface area contributed by atoms with Crippen molar-refractivity contribution in [3.63, 3.8) is 0 Å². The first-order valence-corrected chi connectivity index (χ1v) is 6.02. The lowest BCUT2D eigenvalue weighted by Crippen LogP contribution is -2.03. The van der Waals surface area contributed by atoms with Crippen LogP contribution in [-0.4, -0.2) is 5.11 Å². The third kappa shape index (κ3) is 2.79. The summed E-state index contributed by atoms with van der Waals surface area (Å²) in [5.74, 6) is -0.895. The zero-order chi connectivity index (χ0) is 13.1. The van der Waals surface area contributed by atoms with Gasteiger partial charge in [-0.05, 0) is 46.3 Å². The summed E-state index contributed by atoms with van der Waals surface area (Å²) in [7, 11) is 0. The highest BCUT2D eigenvalue weighted by Gasteiger charge is 2.08. The Bertz CT molecular complexity index is 555. The summed E-state index contributed by atoms with van der Waals surface area (Å²) in [5.41, 5.74) is 0.645. The molecule has 0 fully saturated rings. The normalized spacial score (nSPS) is 10.4. The monoisotopic (exact) mass is 313 g/mol. The number of anilines is 1. The molecule has 0 amide bonds. The number of aromatic hydroxyl groups is 1. The van der Waals surface area contributed by atoms with Crippen LogP contribution in [0.3, 0.4) is 0 Å². The van der Waals surface area contributed by atoms with Crippen LogP contribution in [0.5, 0.6) is 5.75 Å². The van der Waals surface area contributed by atoms with Crippen molar-refractivity contribution in [3.05, 3.63) is 58.1 Å². The molecule has 2 nitrogen and oxygen atoms in total. The number of hydrogen-bond donors (Lipinski definition) is 2. The van der Waals surface area contributed by atoms with Crippen LogP contribution >= 0.6 is 15.9 Å². The molecule has 0 saturated carbocycles. The summed E-state index contributed by atoms with van der Waals surface area (Å²) in [5, 5.41) is 12.4. The Morgan fingerprint density at radius 3 is 2.67 bits per heavy atom. The maximum Gasteiger partial charge on any atom is 0.147 e. The minimum atomic E-state index is -0.447. The Kier molecular flexibility index (Phi) is 3.81. The average molecular weight is 314 g/mol. The summed E-state index contributed by atoms with van der Waals surface area (Å²) in [4.78, 5) is 0. The molecule has 0 atom stereocenters. The lowest BCUT2D eigenvalue weighted by Gasteiger charge is -2.10. The number of halogens is 3. The second-order valence-corrected chi connectivity index (χ2v) is 4.58. The predicted molar refractivity (Wildman–Crippen MR) is 69.5 cm³/mol. The number of benzene rings is 2. The van der Waals surface area contributed by atoms with Gasteiger partial charge in [0, 0.05) is 16.6 Å². The van der Waals surface area contributed by atoms with Crippen molar-refractivity contribution in [3.8, 4) is 5.75 Å². The molecular weight excluding hydrogens is 304 g/mol. The molecule has 0 unspecified atom stereocenters. The molecule has 0 radical (unpaired) electrons. The first-order chi connectivity index (χ1) is 8.58. The quantitative estimate of drug-likeness (QED) is 0.896. The molecule has 2 N–H and O–H groups in total. The van der Waals surface area contributed by atoms with E-state index in [1.54, 1.807) is 12.1 Å². The predicted octanol–water partition coefficient (Wildman–Crippen LogP) is 4.05. The molecule has 0 aliphatic rings. The molecule has 18 heavy (non-hydrogen) atoms. The average Bonchev–Trinajstić information content (AvgIpc) is 2.33. The maximum atomic E-state index is 13.5. The van der Waals surface area contributed by atoms with E-state index in [-0.39, 0.29) is 18.0 Å². The van der Waals surface area contributed by atoms with Gasteiger partial charge in [0.15, 0.2) is 0 Å². The van der Waals surface area contributed by atoms with Crippen LogP contribution in [0.15, 0.2) is 40.9 Å². The van der Waals surface area contributed by atoms with Crippen molar-refractivity contribution in [2.75, 3.05) is 5.32 Å². The Hall–Kier alpha value is -1.62. The van der Waals surface area contributed by atoms with Gasteiger partial charge in [-0.3, -0.25) is 0 Å². The van der Waals surface area contributed by atoms with Gasteiger partial charge in [0.05, 0.1) is 5.69 Å². The number of para-hydroxylation sites is 1. The van der Waals surface area contributed by atoms with E-state index in [1.165, 1.54) is 18.2 Å². The van der Waals surface area contributed by atoms with E-state index in [0.717, 1.165) is 6.07 Å². The van der Waals surface area contributed by atoms with Gasteiger partial charge >= 0.3 is 0 Å². The van der Waals surface area contributed by atoms with Crippen LogP contribution in [0.1, 0.15) is 5.56 Å². The van der Waals surface area contributed by atoms with E-state index in [2.05, 4.69) is 21.2 Å². The molecule has 0 aromatic heterocycles. The molecule has 0 aliphatic heterocycles. The minimum Gasteiger partial charge on any atom is -0.508 e. The smallest absolute Gasteiger partial charge is 0.147 e. The van der Waals surface area contributed by atoms with E-state index >= 15 is 0 Å². The fourth-order valence-electron chi connectivity index (χ4n) is 1.55. The molecule has 5 heteroatoms. The van der Waals surface area contributed by atoms with Gasteiger partial charge in [-0.2, -0.15) is 0 Å². The molecule has 2 aromatic rings. The summed E-state index contributed by atoms with van der Waals surface area (Å²) in [6.45, 7) is 0.128. The van der Waals surface area contributed by atoms with E-state index in [0.29, 0.717) is 10.0 Å². The van der Waals surface area contributed by atoms with Crippen LogP contribution in [0.4, 0.5) is 14.5 Å². The van der Waals surface area contributed by atoms with E-state index in [9.17, 15) is 13.9 Å². The van der Waals surface area contributed by atoms with Crippen LogP contribution in [0, 0.1) is 11.6 Å². The SMILES string of the molecule is Oc1ccc(F)cc1CNc1c(F)cccc1Br. The largest absolute Gasteiger partial charge is 0.508 e. The number of hydrogen-bond acceptors (Lipinski definition) is 2. The fourth-order valence-corrected chi connectivity index (χ4v) is 2.03. The van der Waals surface area contributed by atoms with Crippen LogP contribution in [0.2, 0.25) is 0 Å². The van der Waals surface area contributed by atoms with E-state index in [1.807, 2.05) is 0 Å². The summed E-state index contributed by atoms with van der Waals surface area (Å²) < 4.78 is 27.1. The molecule has 0 bridgehead atoms. The highest BCUT2D eigenvalue weighted by Crippen LogP contribution is 2.27. The maximum absolute atomic E-state index is 13.5. The Labute approximate surface area is 111 Å². The van der Waals surface area contributed by atoms with Crippen LogP contribution in [-0.2, 0) is 6.54 Å². The number of nitrogens with one attached hydrogen (secondary N) is 1. The van der Waals surface area contributed by atoms with E-state index < -0.39 is 11.6 Å². The summed E-state index contributed by atoms with van der Waals surface area (Å²) >= 11 is 3.21. The third-order valence-corrected chi connectivity index (χ3v) is 3.12. The molecule has 0 heterocycles. The van der Waals surface area contributed by atoms with E-state index in [4.69, 9.17) is 0 Å². The number of rotatable bonds is 3. The van der Waals surface area contributed by atoms with Gasteiger partial charge in [0.1, 0.15) is 17.4 Å². The van der Waals surface area contributed by atoms with Gasteiger partial charge in [0.2, 0.25) is 0 Å². The van der Waals surface area contributed by atoms with Crippen LogP contribution < -0.4 is 5.32 Å². The minimum absolute atomic E-state index is 0.0311. The molecule has 94 valence electrons. The zero-order valence-electron chi connectivity index (χ0n) is 9.25.